The van der Waals surface area contributed by atoms with Gasteiger partial charge < -0.3 is 15.8 Å². The third-order valence-electron chi connectivity index (χ3n) is 2.13. The summed E-state index contributed by atoms with van der Waals surface area (Å²) in [4.78, 5) is 7.84. The van der Waals surface area contributed by atoms with Crippen LogP contribution < -0.4 is 11.1 Å². The number of aromatic nitrogens is 4. The van der Waals surface area contributed by atoms with Gasteiger partial charge in [-0.25, -0.2) is 0 Å². The summed E-state index contributed by atoms with van der Waals surface area (Å²) in [5.74, 6) is 0.433. The average Bonchev–Trinajstić information content (AvgIpc) is 2.74. The first kappa shape index (κ1) is 13.3. The van der Waals surface area contributed by atoms with Crippen LogP contribution in [0, 0.1) is 0 Å². The SMILES string of the molecule is Nc1nc(NCCOCC(F)(F)F)c2cn[nH]c2n1. The van der Waals surface area contributed by atoms with Crippen LogP contribution in [-0.4, -0.2) is 46.1 Å². The highest BCUT2D eigenvalue weighted by Gasteiger charge is 2.27. The minimum atomic E-state index is -4.32. The molecule has 2 aromatic rings. The fourth-order valence-corrected chi connectivity index (χ4v) is 1.42. The van der Waals surface area contributed by atoms with E-state index >= 15 is 0 Å². The van der Waals surface area contributed by atoms with Crippen molar-refractivity contribution in [2.24, 2.45) is 0 Å². The monoisotopic (exact) mass is 276 g/mol. The largest absolute Gasteiger partial charge is 0.411 e. The molecular weight excluding hydrogens is 265 g/mol. The van der Waals surface area contributed by atoms with E-state index in [2.05, 4.69) is 30.2 Å². The molecule has 0 amide bonds. The third-order valence-corrected chi connectivity index (χ3v) is 2.13. The number of anilines is 2. The van der Waals surface area contributed by atoms with Crippen LogP contribution in [0.4, 0.5) is 24.9 Å². The second-order valence-corrected chi connectivity index (χ2v) is 3.66. The number of nitrogen functional groups attached to an aromatic ring is 1. The molecule has 19 heavy (non-hydrogen) atoms. The summed E-state index contributed by atoms with van der Waals surface area (Å²) in [7, 11) is 0. The van der Waals surface area contributed by atoms with Gasteiger partial charge >= 0.3 is 6.18 Å². The number of halogens is 3. The molecule has 0 saturated carbocycles. The lowest BCUT2D eigenvalue weighted by Crippen LogP contribution is -2.20. The Morgan fingerprint density at radius 3 is 2.89 bits per heavy atom. The van der Waals surface area contributed by atoms with Crippen molar-refractivity contribution >= 4 is 22.8 Å². The number of hydrogen-bond donors (Lipinski definition) is 3. The molecule has 0 spiro atoms. The zero-order chi connectivity index (χ0) is 13.9. The Morgan fingerprint density at radius 2 is 2.16 bits per heavy atom. The molecule has 104 valence electrons. The summed E-state index contributed by atoms with van der Waals surface area (Å²) < 4.78 is 39.9. The molecule has 0 saturated heterocycles. The van der Waals surface area contributed by atoms with E-state index in [-0.39, 0.29) is 19.1 Å². The molecule has 7 nitrogen and oxygen atoms in total. The second kappa shape index (κ2) is 5.26. The Kier molecular flexibility index (Phi) is 3.69. The molecule has 2 rings (SSSR count). The molecule has 0 aliphatic heterocycles. The van der Waals surface area contributed by atoms with Gasteiger partial charge in [-0.1, -0.05) is 0 Å². The normalized spacial score (nSPS) is 11.9. The Hall–Kier alpha value is -2.10. The number of nitrogens with two attached hydrogens (primary N) is 1. The first-order valence-electron chi connectivity index (χ1n) is 5.30. The van der Waals surface area contributed by atoms with E-state index < -0.39 is 12.8 Å². The fraction of sp³-hybridized carbons (Fsp3) is 0.444. The Morgan fingerprint density at radius 1 is 1.37 bits per heavy atom. The molecule has 0 radical (unpaired) electrons. The van der Waals surface area contributed by atoms with Gasteiger partial charge in [0.05, 0.1) is 18.2 Å². The van der Waals surface area contributed by atoms with Crippen molar-refractivity contribution in [1.29, 1.82) is 0 Å². The van der Waals surface area contributed by atoms with E-state index in [1.807, 2.05) is 0 Å². The van der Waals surface area contributed by atoms with Crippen LogP contribution in [0.25, 0.3) is 11.0 Å². The van der Waals surface area contributed by atoms with E-state index in [1.54, 1.807) is 0 Å². The highest BCUT2D eigenvalue weighted by atomic mass is 19.4. The van der Waals surface area contributed by atoms with Crippen LogP contribution in [0.5, 0.6) is 0 Å². The number of rotatable bonds is 5. The van der Waals surface area contributed by atoms with E-state index in [4.69, 9.17) is 5.73 Å². The van der Waals surface area contributed by atoms with Crippen molar-refractivity contribution in [3.05, 3.63) is 6.20 Å². The highest BCUT2D eigenvalue weighted by Crippen LogP contribution is 2.18. The molecule has 10 heteroatoms. The Balaban J connectivity index is 1.89. The summed E-state index contributed by atoms with van der Waals surface area (Å²) in [5, 5.41) is 9.82. The topological polar surface area (TPSA) is 102 Å². The van der Waals surface area contributed by atoms with E-state index in [0.717, 1.165) is 0 Å². The maximum atomic E-state index is 11.8. The summed E-state index contributed by atoms with van der Waals surface area (Å²) >= 11 is 0. The first-order valence-corrected chi connectivity index (χ1v) is 5.30. The fourth-order valence-electron chi connectivity index (χ4n) is 1.42. The minimum Gasteiger partial charge on any atom is -0.370 e. The van der Waals surface area contributed by atoms with Crippen LogP contribution in [-0.2, 0) is 4.74 Å². The molecule has 0 atom stereocenters. The van der Waals surface area contributed by atoms with E-state index in [9.17, 15) is 13.2 Å². The smallest absolute Gasteiger partial charge is 0.370 e. The van der Waals surface area contributed by atoms with Crippen LogP contribution >= 0.6 is 0 Å². The lowest BCUT2D eigenvalue weighted by molar-refractivity contribution is -0.172. The van der Waals surface area contributed by atoms with Gasteiger partial charge in [-0.3, -0.25) is 5.10 Å². The molecule has 4 N–H and O–H groups in total. The van der Waals surface area contributed by atoms with Crippen LogP contribution in [0.1, 0.15) is 0 Å². The number of H-pyrrole nitrogens is 1. The summed E-state index contributed by atoms with van der Waals surface area (Å²) in [6, 6.07) is 0. The number of alkyl halides is 3. The number of nitrogens with zero attached hydrogens (tertiary/aromatic N) is 3. The predicted octanol–water partition coefficient (Wildman–Crippen LogP) is 0.926. The number of fused-ring (bicyclic) bond motifs is 1. The highest BCUT2D eigenvalue weighted by molar-refractivity contribution is 5.86. The van der Waals surface area contributed by atoms with E-state index in [1.165, 1.54) is 6.20 Å². The van der Waals surface area contributed by atoms with Gasteiger partial charge in [-0.2, -0.15) is 28.2 Å². The second-order valence-electron chi connectivity index (χ2n) is 3.66. The number of ether oxygens (including phenoxy) is 1. The quantitative estimate of drug-likeness (QED) is 0.702. The molecule has 2 aromatic heterocycles. The molecule has 2 heterocycles. The average molecular weight is 276 g/mol. The first-order chi connectivity index (χ1) is 8.96. The van der Waals surface area contributed by atoms with Crippen LogP contribution in [0.15, 0.2) is 6.20 Å². The van der Waals surface area contributed by atoms with E-state index in [0.29, 0.717) is 16.9 Å². The lowest BCUT2D eigenvalue weighted by atomic mass is 10.4. The number of hydrogen-bond acceptors (Lipinski definition) is 6. The van der Waals surface area contributed by atoms with Crippen molar-refractivity contribution < 1.29 is 17.9 Å². The van der Waals surface area contributed by atoms with Gasteiger partial charge in [0.25, 0.3) is 0 Å². The summed E-state index contributed by atoms with van der Waals surface area (Å²) in [6.45, 7) is -1.22. The standard InChI is InChI=1S/C9H11F3N6O/c10-9(11,12)4-19-2-1-14-6-5-3-15-18-7(5)17-8(13)16-6/h3H,1-2,4H2,(H4,13,14,15,16,17,18). The molecule has 0 unspecified atom stereocenters. The minimum absolute atomic E-state index is 0.0375. The number of aromatic amines is 1. The van der Waals surface area contributed by atoms with Gasteiger partial charge in [0, 0.05) is 6.54 Å². The van der Waals surface area contributed by atoms with Crippen LogP contribution in [0.2, 0.25) is 0 Å². The summed E-state index contributed by atoms with van der Waals surface area (Å²) in [6.07, 6.45) is -2.83. The Bertz CT molecular complexity index is 554. The summed E-state index contributed by atoms with van der Waals surface area (Å²) in [5.41, 5.74) is 5.93. The molecule has 0 aliphatic carbocycles. The van der Waals surface area contributed by atoms with Crippen LogP contribution in [0.3, 0.4) is 0 Å². The van der Waals surface area contributed by atoms with Gasteiger partial charge in [0.1, 0.15) is 12.4 Å². The van der Waals surface area contributed by atoms with Crippen molar-refractivity contribution in [3.8, 4) is 0 Å². The molecule has 0 aliphatic rings. The zero-order valence-electron chi connectivity index (χ0n) is 9.66. The molecular formula is C9H11F3N6O. The molecule has 0 bridgehead atoms. The third kappa shape index (κ3) is 3.68. The maximum Gasteiger partial charge on any atom is 0.411 e. The van der Waals surface area contributed by atoms with Crippen molar-refractivity contribution in [3.63, 3.8) is 0 Å². The predicted molar refractivity (Wildman–Crippen MR) is 61.5 cm³/mol. The van der Waals surface area contributed by atoms with Gasteiger partial charge in [0.15, 0.2) is 5.65 Å². The number of nitrogens with one attached hydrogen (secondary N) is 2. The maximum absolute atomic E-state index is 11.8. The molecule has 0 fully saturated rings. The van der Waals surface area contributed by atoms with Crippen molar-refractivity contribution in [2.75, 3.05) is 30.8 Å². The Labute approximate surface area is 105 Å². The van der Waals surface area contributed by atoms with Gasteiger partial charge in [-0.15, -0.1) is 0 Å². The lowest BCUT2D eigenvalue weighted by Gasteiger charge is -2.09. The van der Waals surface area contributed by atoms with Gasteiger partial charge in [-0.05, 0) is 0 Å². The van der Waals surface area contributed by atoms with Gasteiger partial charge in [0.2, 0.25) is 5.95 Å². The van der Waals surface area contributed by atoms with Crippen molar-refractivity contribution in [2.45, 2.75) is 6.18 Å². The van der Waals surface area contributed by atoms with Crippen molar-refractivity contribution in [1.82, 2.24) is 20.2 Å². The zero-order valence-corrected chi connectivity index (χ0v) is 9.66. The molecule has 0 aromatic carbocycles.